The molecule has 6 nitrogen and oxygen atoms in total. The number of benzene rings is 1. The van der Waals surface area contributed by atoms with E-state index in [0.717, 1.165) is 19.3 Å². The van der Waals surface area contributed by atoms with E-state index in [1.807, 2.05) is 24.3 Å². The van der Waals surface area contributed by atoms with Crippen molar-refractivity contribution in [2.45, 2.75) is 62.6 Å². The number of hydrogen-bond donors (Lipinski definition) is 3. The number of carbonyl (C=O) groups is 1. The zero-order valence-electron chi connectivity index (χ0n) is 17.6. The maximum Gasteiger partial charge on any atom is 0.255 e. The van der Waals surface area contributed by atoms with E-state index in [0.29, 0.717) is 24.3 Å². The predicted octanol–water partition coefficient (Wildman–Crippen LogP) is 2.59. The van der Waals surface area contributed by atoms with Gasteiger partial charge in [-0.05, 0) is 80.3 Å². The molecule has 2 aromatic rings. The monoisotopic (exact) mass is 410 g/mol. The minimum Gasteiger partial charge on any atom is -0.484 e. The van der Waals surface area contributed by atoms with Crippen LogP contribution in [0.15, 0.2) is 42.6 Å². The third-order valence-electron chi connectivity index (χ3n) is 7.35. The first-order valence-electron chi connectivity index (χ1n) is 10.6. The number of hydrogen-bond acceptors (Lipinski definition) is 5. The average molecular weight is 411 g/mol. The van der Waals surface area contributed by atoms with Crippen LogP contribution < -0.4 is 10.5 Å². The van der Waals surface area contributed by atoms with Crippen molar-refractivity contribution in [3.05, 3.63) is 59.4 Å². The van der Waals surface area contributed by atoms with Gasteiger partial charge in [0.2, 0.25) is 0 Å². The Kier molecular flexibility index (Phi) is 5.11. The maximum atomic E-state index is 11.7. The number of nitrogens with two attached hydrogens (primary N) is 1. The molecule has 0 radical (unpaired) electrons. The molecule has 2 aliphatic rings. The van der Waals surface area contributed by atoms with Crippen molar-refractivity contribution >= 4 is 5.91 Å². The molecule has 4 rings (SSSR count). The quantitative estimate of drug-likeness (QED) is 0.703. The maximum absolute atomic E-state index is 11.7. The number of primary amides is 1. The summed E-state index contributed by atoms with van der Waals surface area (Å²) in [5.41, 5.74) is 5.14. The van der Waals surface area contributed by atoms with E-state index in [2.05, 4.69) is 18.0 Å². The summed E-state index contributed by atoms with van der Waals surface area (Å²) >= 11 is 0. The lowest BCUT2D eigenvalue weighted by molar-refractivity contribution is -0.207. The number of fused-ring (bicyclic) bond motifs is 3. The first-order chi connectivity index (χ1) is 14.2. The van der Waals surface area contributed by atoms with Crippen LogP contribution in [-0.2, 0) is 22.2 Å². The zero-order chi connectivity index (χ0) is 21.6. The van der Waals surface area contributed by atoms with Gasteiger partial charge in [0.15, 0.2) is 6.61 Å². The van der Waals surface area contributed by atoms with E-state index in [1.54, 1.807) is 19.2 Å². The van der Waals surface area contributed by atoms with Crippen molar-refractivity contribution in [3.63, 3.8) is 0 Å². The van der Waals surface area contributed by atoms with Crippen molar-refractivity contribution in [1.82, 2.24) is 4.98 Å². The van der Waals surface area contributed by atoms with Crippen LogP contribution in [0.2, 0.25) is 0 Å². The summed E-state index contributed by atoms with van der Waals surface area (Å²) in [7, 11) is 0. The third kappa shape index (κ3) is 3.19. The van der Waals surface area contributed by atoms with Gasteiger partial charge in [0.05, 0.1) is 11.3 Å². The van der Waals surface area contributed by atoms with Crippen LogP contribution in [0.25, 0.3) is 0 Å². The van der Waals surface area contributed by atoms with Crippen LogP contribution in [0.4, 0.5) is 0 Å². The summed E-state index contributed by atoms with van der Waals surface area (Å²) in [6.07, 6.45) is 5.20. The summed E-state index contributed by atoms with van der Waals surface area (Å²) in [6.45, 7) is 3.74. The molecule has 0 spiro atoms. The fourth-order valence-corrected chi connectivity index (χ4v) is 5.80. The topological polar surface area (TPSA) is 106 Å². The molecule has 4 atom stereocenters. The van der Waals surface area contributed by atoms with Gasteiger partial charge in [-0.2, -0.15) is 0 Å². The van der Waals surface area contributed by atoms with Crippen LogP contribution in [-0.4, -0.2) is 33.3 Å². The lowest BCUT2D eigenvalue weighted by atomic mass is 9.49. The summed E-state index contributed by atoms with van der Waals surface area (Å²) < 4.78 is 5.50. The first-order valence-corrected chi connectivity index (χ1v) is 10.6. The lowest BCUT2D eigenvalue weighted by Gasteiger charge is -2.58. The molecule has 1 heterocycles. The van der Waals surface area contributed by atoms with E-state index in [-0.39, 0.29) is 17.9 Å². The second kappa shape index (κ2) is 7.36. The van der Waals surface area contributed by atoms with Crippen molar-refractivity contribution in [1.29, 1.82) is 0 Å². The number of amides is 1. The number of rotatable bonds is 5. The van der Waals surface area contributed by atoms with Gasteiger partial charge in [-0.15, -0.1) is 0 Å². The Morgan fingerprint density at radius 3 is 2.77 bits per heavy atom. The van der Waals surface area contributed by atoms with Crippen molar-refractivity contribution in [2.24, 2.45) is 11.7 Å². The number of carbonyl (C=O) groups excluding carboxylic acids is 1. The molecule has 6 heteroatoms. The van der Waals surface area contributed by atoms with Crippen molar-refractivity contribution in [2.75, 3.05) is 6.61 Å². The van der Waals surface area contributed by atoms with Gasteiger partial charge in [-0.3, -0.25) is 9.78 Å². The Labute approximate surface area is 177 Å². The highest BCUT2D eigenvalue weighted by Gasteiger charge is 2.61. The van der Waals surface area contributed by atoms with E-state index in [1.165, 1.54) is 11.1 Å². The third-order valence-corrected chi connectivity index (χ3v) is 7.35. The molecule has 1 saturated carbocycles. The predicted molar refractivity (Wildman–Crippen MR) is 113 cm³/mol. The van der Waals surface area contributed by atoms with Crippen LogP contribution in [0, 0.1) is 5.92 Å². The molecule has 4 N–H and O–H groups in total. The standard InChI is InChI=1S/C24H30N2O4/c1-3-23-15-22(2,28)24(29,20-6-4-5-11-26-20)13-17(23)8-7-16-12-18(9-10-19(16)23)30-14-21(25)27/h4-6,9-12,17,28-29H,3,7-8,13-15H2,1-2H3,(H2,25,27). The molecular formula is C24H30N2O4. The zero-order valence-corrected chi connectivity index (χ0v) is 17.6. The second-order valence-electron chi connectivity index (χ2n) is 9.05. The highest BCUT2D eigenvalue weighted by atomic mass is 16.5. The molecule has 0 saturated heterocycles. The van der Waals surface area contributed by atoms with E-state index in [9.17, 15) is 15.0 Å². The summed E-state index contributed by atoms with van der Waals surface area (Å²) in [4.78, 5) is 15.4. The Morgan fingerprint density at radius 1 is 1.30 bits per heavy atom. The van der Waals surface area contributed by atoms with Crippen molar-refractivity contribution in [3.8, 4) is 5.75 Å². The van der Waals surface area contributed by atoms with Gasteiger partial charge in [-0.1, -0.05) is 19.1 Å². The van der Waals surface area contributed by atoms with Crippen LogP contribution in [0.1, 0.15) is 56.4 Å². The van der Waals surface area contributed by atoms with Gasteiger partial charge >= 0.3 is 0 Å². The Hall–Kier alpha value is -2.44. The highest BCUT2D eigenvalue weighted by Crippen LogP contribution is 2.59. The fourth-order valence-electron chi connectivity index (χ4n) is 5.80. The number of aryl methyl sites for hydroxylation is 1. The molecule has 1 fully saturated rings. The smallest absolute Gasteiger partial charge is 0.255 e. The van der Waals surface area contributed by atoms with Crippen LogP contribution in [0.5, 0.6) is 5.75 Å². The van der Waals surface area contributed by atoms with E-state index >= 15 is 0 Å². The molecule has 0 bridgehead atoms. The SMILES string of the molecule is CCC12CC(C)(O)C(O)(c3ccccn3)CC1CCc1cc(OCC(N)=O)ccc12. The van der Waals surface area contributed by atoms with E-state index in [4.69, 9.17) is 10.5 Å². The minimum atomic E-state index is -1.39. The van der Waals surface area contributed by atoms with Crippen LogP contribution in [0.3, 0.4) is 0 Å². The largest absolute Gasteiger partial charge is 0.484 e. The molecule has 0 aliphatic heterocycles. The number of ether oxygens (including phenoxy) is 1. The molecule has 30 heavy (non-hydrogen) atoms. The molecule has 1 aromatic carbocycles. The Morgan fingerprint density at radius 2 is 2.10 bits per heavy atom. The number of aliphatic hydroxyl groups is 2. The van der Waals surface area contributed by atoms with Crippen LogP contribution >= 0.6 is 0 Å². The number of pyridine rings is 1. The summed E-state index contributed by atoms with van der Waals surface area (Å²) in [5, 5.41) is 23.2. The average Bonchev–Trinajstić information content (AvgIpc) is 2.73. The second-order valence-corrected chi connectivity index (χ2v) is 9.05. The molecule has 1 aromatic heterocycles. The molecular weight excluding hydrogens is 380 g/mol. The van der Waals surface area contributed by atoms with E-state index < -0.39 is 17.1 Å². The normalized spacial score (nSPS) is 32.7. The Bertz CT molecular complexity index is 945. The summed E-state index contributed by atoms with van der Waals surface area (Å²) in [6, 6.07) is 11.4. The fraction of sp³-hybridized carbons (Fsp3) is 0.500. The first kappa shape index (κ1) is 20.8. The molecule has 4 unspecified atom stereocenters. The van der Waals surface area contributed by atoms with Gasteiger partial charge in [0.1, 0.15) is 11.4 Å². The number of aromatic nitrogens is 1. The molecule has 1 amide bonds. The molecule has 2 aliphatic carbocycles. The van der Waals surface area contributed by atoms with Gasteiger partial charge in [-0.25, -0.2) is 0 Å². The summed E-state index contributed by atoms with van der Waals surface area (Å²) in [5.74, 6) is 0.347. The number of nitrogens with zero attached hydrogens (tertiary/aromatic N) is 1. The molecule has 160 valence electrons. The highest BCUT2D eigenvalue weighted by molar-refractivity contribution is 5.75. The van der Waals surface area contributed by atoms with Gasteiger partial charge < -0.3 is 20.7 Å². The van der Waals surface area contributed by atoms with Gasteiger partial charge in [0, 0.05) is 11.6 Å². The van der Waals surface area contributed by atoms with Gasteiger partial charge in [0.25, 0.3) is 5.91 Å². The Balaban J connectivity index is 1.72. The minimum absolute atomic E-state index is 0.147. The lowest BCUT2D eigenvalue weighted by Crippen LogP contribution is -2.62. The van der Waals surface area contributed by atoms with Crippen molar-refractivity contribution < 1.29 is 19.7 Å².